The summed E-state index contributed by atoms with van der Waals surface area (Å²) in [4.78, 5) is 25.7. The zero-order valence-corrected chi connectivity index (χ0v) is 19.1. The summed E-state index contributed by atoms with van der Waals surface area (Å²) < 4.78 is 13.3. The number of para-hydroxylation sites is 1. The molecule has 4 rings (SSSR count). The second-order valence-electron chi connectivity index (χ2n) is 8.81. The fourth-order valence-electron chi connectivity index (χ4n) is 3.93. The van der Waals surface area contributed by atoms with Crippen molar-refractivity contribution in [3.05, 3.63) is 71.9 Å². The standard InChI is InChI=1S/C27H27NO4/c1-6-31-25(29)23-17(2)28(18-12-8-7-9-13-18)24-20-15-11-10-14-19(20)22(16-21(23)24)32-26(30)27(3,4)5/h7-16H,6H2,1-5H3. The van der Waals surface area contributed by atoms with Gasteiger partial charge in [-0.05, 0) is 52.8 Å². The van der Waals surface area contributed by atoms with Gasteiger partial charge in [0.05, 0.1) is 23.1 Å². The van der Waals surface area contributed by atoms with Gasteiger partial charge in [-0.15, -0.1) is 0 Å². The van der Waals surface area contributed by atoms with E-state index in [1.165, 1.54) is 0 Å². The average molecular weight is 430 g/mol. The minimum atomic E-state index is -0.661. The summed E-state index contributed by atoms with van der Waals surface area (Å²) in [5.74, 6) is -0.296. The first-order valence-electron chi connectivity index (χ1n) is 10.8. The first-order chi connectivity index (χ1) is 15.2. The summed E-state index contributed by atoms with van der Waals surface area (Å²) >= 11 is 0. The van der Waals surface area contributed by atoms with Gasteiger partial charge in [-0.25, -0.2) is 4.79 Å². The molecule has 0 saturated carbocycles. The second-order valence-corrected chi connectivity index (χ2v) is 8.81. The van der Waals surface area contributed by atoms with Crippen LogP contribution in [0.2, 0.25) is 0 Å². The molecule has 3 aromatic carbocycles. The van der Waals surface area contributed by atoms with Crippen LogP contribution in [0, 0.1) is 12.3 Å². The molecule has 5 nitrogen and oxygen atoms in total. The van der Waals surface area contributed by atoms with Crippen LogP contribution >= 0.6 is 0 Å². The van der Waals surface area contributed by atoms with Crippen LogP contribution in [-0.2, 0) is 9.53 Å². The highest BCUT2D eigenvalue weighted by atomic mass is 16.5. The molecule has 1 aromatic heterocycles. The molecule has 32 heavy (non-hydrogen) atoms. The van der Waals surface area contributed by atoms with Gasteiger partial charge < -0.3 is 14.0 Å². The van der Waals surface area contributed by atoms with E-state index in [2.05, 4.69) is 4.57 Å². The first-order valence-corrected chi connectivity index (χ1v) is 10.8. The number of aromatic nitrogens is 1. The molecule has 0 aliphatic carbocycles. The Kier molecular flexibility index (Phi) is 5.51. The van der Waals surface area contributed by atoms with Gasteiger partial charge in [0.25, 0.3) is 0 Å². The Morgan fingerprint density at radius 3 is 2.16 bits per heavy atom. The molecule has 0 N–H and O–H groups in total. The quantitative estimate of drug-likeness (QED) is 0.285. The van der Waals surface area contributed by atoms with Crippen molar-refractivity contribution < 1.29 is 19.1 Å². The molecule has 1 heterocycles. The van der Waals surface area contributed by atoms with Crippen LogP contribution in [0.4, 0.5) is 0 Å². The van der Waals surface area contributed by atoms with E-state index in [-0.39, 0.29) is 12.6 Å². The van der Waals surface area contributed by atoms with Crippen LogP contribution in [0.5, 0.6) is 5.75 Å². The summed E-state index contributed by atoms with van der Waals surface area (Å²) in [5.41, 5.74) is 2.41. The number of nitrogens with zero attached hydrogens (tertiary/aromatic N) is 1. The van der Waals surface area contributed by atoms with Gasteiger partial charge in [0, 0.05) is 27.5 Å². The number of carbonyl (C=O) groups is 2. The monoisotopic (exact) mass is 429 g/mol. The van der Waals surface area contributed by atoms with Crippen LogP contribution < -0.4 is 4.74 Å². The maximum atomic E-state index is 13.0. The van der Waals surface area contributed by atoms with Crippen LogP contribution in [0.25, 0.3) is 27.4 Å². The van der Waals surface area contributed by atoms with Crippen molar-refractivity contribution in [1.82, 2.24) is 4.57 Å². The van der Waals surface area contributed by atoms with Gasteiger partial charge in [0.15, 0.2) is 0 Å². The van der Waals surface area contributed by atoms with E-state index in [0.717, 1.165) is 27.7 Å². The van der Waals surface area contributed by atoms with E-state index in [1.807, 2.05) is 82.3 Å². The third-order valence-electron chi connectivity index (χ3n) is 5.48. The number of fused-ring (bicyclic) bond motifs is 3. The molecule has 164 valence electrons. The van der Waals surface area contributed by atoms with E-state index in [1.54, 1.807) is 13.0 Å². The fourth-order valence-corrected chi connectivity index (χ4v) is 3.93. The van der Waals surface area contributed by atoms with Gasteiger partial charge >= 0.3 is 11.9 Å². The predicted molar refractivity (Wildman–Crippen MR) is 127 cm³/mol. The van der Waals surface area contributed by atoms with E-state index in [4.69, 9.17) is 9.47 Å². The van der Waals surface area contributed by atoms with Crippen LogP contribution in [0.1, 0.15) is 43.7 Å². The number of esters is 2. The Morgan fingerprint density at radius 2 is 1.53 bits per heavy atom. The molecule has 0 atom stereocenters. The van der Waals surface area contributed by atoms with Gasteiger partial charge in [-0.1, -0.05) is 42.5 Å². The Hall–Kier alpha value is -3.60. The zero-order chi connectivity index (χ0) is 23.0. The molecule has 0 bridgehead atoms. The third kappa shape index (κ3) is 3.64. The highest BCUT2D eigenvalue weighted by Gasteiger charge is 2.28. The van der Waals surface area contributed by atoms with Crippen molar-refractivity contribution in [1.29, 1.82) is 0 Å². The molecule has 0 aliphatic heterocycles. The predicted octanol–water partition coefficient (Wildman–Crippen LogP) is 6.22. The van der Waals surface area contributed by atoms with Crippen molar-refractivity contribution in [3.8, 4) is 11.4 Å². The molecule has 0 aliphatic rings. The van der Waals surface area contributed by atoms with Gasteiger partial charge in [0.1, 0.15) is 5.75 Å². The molecule has 0 fully saturated rings. The Balaban J connectivity index is 2.11. The molecule has 0 saturated heterocycles. The largest absolute Gasteiger partial charge is 0.462 e. The van der Waals surface area contributed by atoms with Gasteiger partial charge in [-0.3, -0.25) is 4.79 Å². The van der Waals surface area contributed by atoms with Gasteiger partial charge in [-0.2, -0.15) is 0 Å². The van der Waals surface area contributed by atoms with Crippen molar-refractivity contribution in [2.75, 3.05) is 6.61 Å². The van der Waals surface area contributed by atoms with E-state index in [9.17, 15) is 9.59 Å². The smallest absolute Gasteiger partial charge is 0.340 e. The molecule has 0 spiro atoms. The lowest BCUT2D eigenvalue weighted by Crippen LogP contribution is -2.25. The van der Waals surface area contributed by atoms with E-state index < -0.39 is 11.4 Å². The Labute approximate surface area is 187 Å². The summed E-state index contributed by atoms with van der Waals surface area (Å²) in [6.07, 6.45) is 0. The molecular weight excluding hydrogens is 402 g/mol. The summed E-state index contributed by atoms with van der Waals surface area (Å²) in [7, 11) is 0. The molecular formula is C27H27NO4. The molecule has 5 heteroatoms. The number of hydrogen-bond donors (Lipinski definition) is 0. The minimum Gasteiger partial charge on any atom is -0.462 e. The lowest BCUT2D eigenvalue weighted by atomic mass is 9.97. The normalized spacial score (nSPS) is 11.7. The topological polar surface area (TPSA) is 57.5 Å². The summed E-state index contributed by atoms with van der Waals surface area (Å²) in [6, 6.07) is 19.5. The molecule has 0 unspecified atom stereocenters. The number of rotatable bonds is 4. The SMILES string of the molecule is CCOC(=O)c1c(C)n(-c2ccccc2)c2c1cc(OC(=O)C(C)(C)C)c1ccccc12. The number of carbonyl (C=O) groups excluding carboxylic acids is 2. The lowest BCUT2D eigenvalue weighted by molar-refractivity contribution is -0.142. The van der Waals surface area contributed by atoms with E-state index in [0.29, 0.717) is 16.7 Å². The third-order valence-corrected chi connectivity index (χ3v) is 5.48. The zero-order valence-electron chi connectivity index (χ0n) is 19.1. The van der Waals surface area contributed by atoms with E-state index >= 15 is 0 Å². The highest BCUT2D eigenvalue weighted by Crippen LogP contribution is 2.40. The minimum absolute atomic E-state index is 0.274. The summed E-state index contributed by atoms with van der Waals surface area (Å²) in [6.45, 7) is 9.42. The molecule has 0 radical (unpaired) electrons. The summed E-state index contributed by atoms with van der Waals surface area (Å²) in [5, 5.41) is 2.40. The Morgan fingerprint density at radius 1 is 0.906 bits per heavy atom. The number of hydrogen-bond acceptors (Lipinski definition) is 4. The second kappa shape index (κ2) is 8.15. The molecule has 0 amide bonds. The Bertz CT molecular complexity index is 1330. The average Bonchev–Trinajstić information content (AvgIpc) is 3.06. The maximum absolute atomic E-state index is 13.0. The van der Waals surface area contributed by atoms with Crippen molar-refractivity contribution >= 4 is 33.6 Å². The van der Waals surface area contributed by atoms with Crippen molar-refractivity contribution in [2.24, 2.45) is 5.41 Å². The highest BCUT2D eigenvalue weighted by molar-refractivity contribution is 6.17. The fraction of sp³-hybridized carbons (Fsp3) is 0.259. The number of benzene rings is 3. The van der Waals surface area contributed by atoms with Crippen molar-refractivity contribution in [3.63, 3.8) is 0 Å². The van der Waals surface area contributed by atoms with Crippen LogP contribution in [0.15, 0.2) is 60.7 Å². The maximum Gasteiger partial charge on any atom is 0.340 e. The molecule has 4 aromatic rings. The van der Waals surface area contributed by atoms with Crippen LogP contribution in [-0.4, -0.2) is 23.1 Å². The van der Waals surface area contributed by atoms with Crippen molar-refractivity contribution in [2.45, 2.75) is 34.6 Å². The first kappa shape index (κ1) is 21.6. The number of ether oxygens (including phenoxy) is 2. The van der Waals surface area contributed by atoms with Crippen LogP contribution in [0.3, 0.4) is 0 Å². The lowest BCUT2D eigenvalue weighted by Gasteiger charge is -2.18. The van der Waals surface area contributed by atoms with Gasteiger partial charge in [0.2, 0.25) is 0 Å².